The maximum absolute atomic E-state index is 13.1. The maximum atomic E-state index is 13.1. The minimum Gasteiger partial charge on any atom is -0.479 e. The molecule has 0 unspecified atom stereocenters. The molecule has 1 aliphatic rings. The van der Waals surface area contributed by atoms with Gasteiger partial charge >= 0.3 is 6.18 Å². The molecular formula is C21H20F3N7O. The first-order valence-electron chi connectivity index (χ1n) is 10.1. The topological polar surface area (TPSA) is 95.2 Å². The third kappa shape index (κ3) is 3.82. The van der Waals surface area contributed by atoms with E-state index in [1.165, 1.54) is 16.8 Å². The van der Waals surface area contributed by atoms with Gasteiger partial charge in [0, 0.05) is 36.1 Å². The maximum Gasteiger partial charge on any atom is 0.425 e. The molecule has 3 aromatic heterocycles. The van der Waals surface area contributed by atoms with Gasteiger partial charge in [0.15, 0.2) is 12.3 Å². The van der Waals surface area contributed by atoms with Gasteiger partial charge in [-0.15, -0.1) is 0 Å². The first-order chi connectivity index (χ1) is 15.2. The number of likely N-dealkylation sites (tertiary alicyclic amines) is 1. The highest BCUT2D eigenvalue weighted by molar-refractivity contribution is 5.76. The summed E-state index contributed by atoms with van der Waals surface area (Å²) in [7, 11) is 0. The summed E-state index contributed by atoms with van der Waals surface area (Å²) in [6.07, 6.45) is 1.70. The van der Waals surface area contributed by atoms with Gasteiger partial charge in [0.25, 0.3) is 0 Å². The largest absolute Gasteiger partial charge is 0.479 e. The minimum absolute atomic E-state index is 0.0733. The number of aromatic nitrogens is 4. The molecule has 8 nitrogen and oxygen atoms in total. The molecule has 1 aliphatic heterocycles. The minimum atomic E-state index is -4.56. The Kier molecular flexibility index (Phi) is 5.43. The van der Waals surface area contributed by atoms with Crippen molar-refractivity contribution in [1.29, 1.82) is 10.5 Å². The molecule has 11 heteroatoms. The van der Waals surface area contributed by atoms with Crippen molar-refractivity contribution < 1.29 is 17.9 Å². The van der Waals surface area contributed by atoms with Crippen LogP contribution in [-0.2, 0) is 0 Å². The van der Waals surface area contributed by atoms with Crippen LogP contribution in [0, 0.1) is 29.7 Å². The zero-order valence-electron chi connectivity index (χ0n) is 17.5. The van der Waals surface area contributed by atoms with Gasteiger partial charge in [0.1, 0.15) is 22.9 Å². The van der Waals surface area contributed by atoms with Crippen LogP contribution in [0.15, 0.2) is 24.7 Å². The number of alkyl halides is 3. The monoisotopic (exact) mass is 443 g/mol. The molecular weight excluding hydrogens is 423 g/mol. The molecule has 0 radical (unpaired) electrons. The zero-order chi connectivity index (χ0) is 23.0. The van der Waals surface area contributed by atoms with Crippen LogP contribution in [0.1, 0.15) is 37.1 Å². The molecule has 0 saturated carbocycles. The van der Waals surface area contributed by atoms with Gasteiger partial charge in [-0.05, 0) is 32.8 Å². The van der Waals surface area contributed by atoms with Crippen LogP contribution in [0.2, 0.25) is 0 Å². The second kappa shape index (κ2) is 8.08. The van der Waals surface area contributed by atoms with E-state index >= 15 is 0 Å². The van der Waals surface area contributed by atoms with Crippen molar-refractivity contribution in [1.82, 2.24) is 24.3 Å². The zero-order valence-corrected chi connectivity index (χ0v) is 17.5. The number of hydrogen-bond acceptors (Lipinski definition) is 6. The normalized spacial score (nSPS) is 16.0. The molecule has 32 heavy (non-hydrogen) atoms. The van der Waals surface area contributed by atoms with E-state index < -0.39 is 12.3 Å². The predicted molar refractivity (Wildman–Crippen MR) is 107 cm³/mol. The van der Waals surface area contributed by atoms with Crippen molar-refractivity contribution in [2.24, 2.45) is 0 Å². The summed E-state index contributed by atoms with van der Waals surface area (Å²) in [6, 6.07) is 3.57. The van der Waals surface area contributed by atoms with E-state index in [1.807, 2.05) is 17.7 Å². The first-order valence-corrected chi connectivity index (χ1v) is 10.1. The predicted octanol–water partition coefficient (Wildman–Crippen LogP) is 3.83. The van der Waals surface area contributed by atoms with Crippen molar-refractivity contribution in [3.8, 4) is 29.1 Å². The van der Waals surface area contributed by atoms with E-state index in [9.17, 15) is 18.4 Å². The van der Waals surface area contributed by atoms with Crippen molar-refractivity contribution >= 4 is 5.52 Å². The average molecular weight is 443 g/mol. The molecule has 0 bridgehead atoms. The molecule has 4 heterocycles. The second-order valence-electron chi connectivity index (χ2n) is 7.76. The Balaban J connectivity index is 1.74. The molecule has 1 atom stereocenters. The van der Waals surface area contributed by atoms with Gasteiger partial charge < -0.3 is 9.64 Å². The van der Waals surface area contributed by atoms with E-state index in [0.717, 1.165) is 31.0 Å². The number of fused-ring (bicyclic) bond motifs is 1. The first kappa shape index (κ1) is 21.5. The summed E-state index contributed by atoms with van der Waals surface area (Å²) in [5, 5.41) is 27.0. The molecule has 1 fully saturated rings. The highest BCUT2D eigenvalue weighted by Crippen LogP contribution is 2.35. The molecule has 0 amide bonds. The quantitative estimate of drug-likeness (QED) is 0.569. The van der Waals surface area contributed by atoms with Crippen LogP contribution in [0.3, 0.4) is 0 Å². The number of halogens is 3. The molecule has 0 aliphatic carbocycles. The third-order valence-electron chi connectivity index (χ3n) is 5.77. The number of hydrogen-bond donors (Lipinski definition) is 0. The van der Waals surface area contributed by atoms with Crippen LogP contribution >= 0.6 is 0 Å². The van der Waals surface area contributed by atoms with Crippen molar-refractivity contribution in [3.63, 3.8) is 0 Å². The molecule has 3 aromatic rings. The van der Waals surface area contributed by atoms with Gasteiger partial charge in [-0.3, -0.25) is 4.68 Å². The number of pyridine rings is 1. The van der Waals surface area contributed by atoms with Gasteiger partial charge in [-0.2, -0.15) is 33.9 Å². The highest BCUT2D eigenvalue weighted by Gasteiger charge is 2.38. The summed E-state index contributed by atoms with van der Waals surface area (Å²) in [5.74, 6) is -0.0733. The number of nitriles is 2. The van der Waals surface area contributed by atoms with Gasteiger partial charge in [-0.25, -0.2) is 4.52 Å². The average Bonchev–Trinajstić information content (AvgIpc) is 3.36. The van der Waals surface area contributed by atoms with Crippen LogP contribution in [0.25, 0.3) is 16.6 Å². The van der Waals surface area contributed by atoms with Crippen molar-refractivity contribution in [2.45, 2.75) is 45.0 Å². The Morgan fingerprint density at radius 2 is 1.91 bits per heavy atom. The van der Waals surface area contributed by atoms with Gasteiger partial charge in [-0.1, -0.05) is 0 Å². The second-order valence-corrected chi connectivity index (χ2v) is 7.76. The van der Waals surface area contributed by atoms with Crippen molar-refractivity contribution in [2.75, 3.05) is 13.1 Å². The third-order valence-corrected chi connectivity index (χ3v) is 5.77. The molecule has 0 spiro atoms. The van der Waals surface area contributed by atoms with E-state index in [4.69, 9.17) is 10.00 Å². The van der Waals surface area contributed by atoms with Crippen molar-refractivity contribution in [3.05, 3.63) is 35.9 Å². The number of nitrogens with zero attached hydrogens (tertiary/aromatic N) is 7. The Morgan fingerprint density at radius 3 is 2.53 bits per heavy atom. The van der Waals surface area contributed by atoms with E-state index in [1.54, 1.807) is 17.3 Å². The summed E-state index contributed by atoms with van der Waals surface area (Å²) in [4.78, 5) is 1.71. The Labute approximate surface area is 182 Å². The summed E-state index contributed by atoms with van der Waals surface area (Å²) in [5.41, 5.74) is 2.46. The van der Waals surface area contributed by atoms with Crippen LogP contribution in [-0.4, -0.2) is 49.7 Å². The Morgan fingerprint density at radius 1 is 1.19 bits per heavy atom. The number of piperidine rings is 1. The standard InChI is InChI=1S/C21H20F3N7O/c1-13-18(10-28-31(13)17-3-5-29(12-26)6-4-17)15-7-19(32-14(2)21(22,23)24)20-16(8-25)9-27-30(20)11-15/h7,9-11,14,17H,3-6H2,1-2H3/t14-/m0/s1. The van der Waals surface area contributed by atoms with Crippen LogP contribution in [0.5, 0.6) is 5.75 Å². The van der Waals surface area contributed by atoms with Gasteiger partial charge in [0.05, 0.1) is 18.4 Å². The van der Waals surface area contributed by atoms with Crippen LogP contribution < -0.4 is 4.74 Å². The summed E-state index contributed by atoms with van der Waals surface area (Å²) in [6.45, 7) is 4.12. The summed E-state index contributed by atoms with van der Waals surface area (Å²) >= 11 is 0. The molecule has 0 aromatic carbocycles. The molecule has 4 rings (SSSR count). The van der Waals surface area contributed by atoms with E-state index in [2.05, 4.69) is 16.4 Å². The molecule has 1 saturated heterocycles. The van der Waals surface area contributed by atoms with Crippen LogP contribution in [0.4, 0.5) is 13.2 Å². The summed E-state index contributed by atoms with van der Waals surface area (Å²) < 4.78 is 47.9. The molecule has 166 valence electrons. The fraction of sp³-hybridized carbons (Fsp3) is 0.429. The number of rotatable bonds is 4. The fourth-order valence-corrected chi connectivity index (χ4v) is 3.95. The van der Waals surface area contributed by atoms with E-state index in [-0.39, 0.29) is 22.9 Å². The Bertz CT molecular complexity index is 1220. The SMILES string of the molecule is Cc1c(-c2cc(O[C@@H](C)C(F)(F)F)c3c(C#N)cnn3c2)cnn1C1CCN(C#N)CC1. The lowest BCUT2D eigenvalue weighted by Gasteiger charge is -2.29. The highest BCUT2D eigenvalue weighted by atomic mass is 19.4. The fourth-order valence-electron chi connectivity index (χ4n) is 3.95. The lowest BCUT2D eigenvalue weighted by Crippen LogP contribution is -2.31. The number of ether oxygens (including phenoxy) is 1. The molecule has 0 N–H and O–H groups in total. The van der Waals surface area contributed by atoms with Gasteiger partial charge in [0.2, 0.25) is 0 Å². The van der Waals surface area contributed by atoms with E-state index in [0.29, 0.717) is 18.7 Å². The lowest BCUT2D eigenvalue weighted by atomic mass is 10.0. The smallest absolute Gasteiger partial charge is 0.425 e. The Hall–Kier alpha value is -3.73. The lowest BCUT2D eigenvalue weighted by molar-refractivity contribution is -0.189.